The van der Waals surface area contributed by atoms with Crippen LogP contribution in [-0.4, -0.2) is 19.8 Å². The molecule has 1 aliphatic carbocycles. The van der Waals surface area contributed by atoms with Gasteiger partial charge in [0.05, 0.1) is 0 Å². The van der Waals surface area contributed by atoms with Gasteiger partial charge >= 0.3 is 0 Å². The zero-order chi connectivity index (χ0) is 11.9. The minimum absolute atomic E-state index is 0.580. The molecule has 0 N–H and O–H groups in total. The largest absolute Gasteiger partial charge is 0.234 e. The van der Waals surface area contributed by atoms with Crippen molar-refractivity contribution in [1.29, 1.82) is 0 Å². The van der Waals surface area contributed by atoms with E-state index in [-0.39, 0.29) is 0 Å². The summed E-state index contributed by atoms with van der Waals surface area (Å²) in [7, 11) is 0. The summed E-state index contributed by atoms with van der Waals surface area (Å²) < 4.78 is 1.90. The molecule has 0 bridgehead atoms. The Morgan fingerprint density at radius 2 is 2.22 bits per heavy atom. The average Bonchev–Trinajstić information content (AvgIpc) is 2.80. The first-order valence-electron chi connectivity index (χ1n) is 5.84. The van der Waals surface area contributed by atoms with Crippen molar-refractivity contribution in [3.63, 3.8) is 0 Å². The van der Waals surface area contributed by atoms with Crippen LogP contribution >= 0.6 is 22.7 Å². The van der Waals surface area contributed by atoms with E-state index in [2.05, 4.69) is 32.8 Å². The summed E-state index contributed by atoms with van der Waals surface area (Å²) >= 11 is 3.31. The van der Waals surface area contributed by atoms with Gasteiger partial charge < -0.3 is 0 Å². The number of hydrogen-bond acceptors (Lipinski definition) is 5. The second kappa shape index (κ2) is 4.00. The maximum atomic E-state index is 4.56. The maximum Gasteiger partial charge on any atom is 0.234 e. The second-order valence-electron chi connectivity index (χ2n) is 4.32. The first-order valence-corrected chi connectivity index (χ1v) is 7.53. The molecule has 0 spiro atoms. The van der Waals surface area contributed by atoms with Gasteiger partial charge in [-0.15, -0.1) is 21.5 Å². The first-order chi connectivity index (χ1) is 8.90. The van der Waals surface area contributed by atoms with Gasteiger partial charge in [0.25, 0.3) is 0 Å². The van der Waals surface area contributed by atoms with Gasteiger partial charge in [-0.25, -0.2) is 0 Å². The molecule has 3 heterocycles. The van der Waals surface area contributed by atoms with Gasteiger partial charge in [-0.1, -0.05) is 17.4 Å². The van der Waals surface area contributed by atoms with Crippen molar-refractivity contribution >= 4 is 39.8 Å². The Bertz CT molecular complexity index is 704. The number of fused-ring (bicyclic) bond motifs is 1. The molecular formula is C12H10N4S2. The predicted octanol–water partition coefficient (Wildman–Crippen LogP) is 3.30. The lowest BCUT2D eigenvalue weighted by atomic mass is 10.4. The Morgan fingerprint density at radius 1 is 1.28 bits per heavy atom. The highest BCUT2D eigenvalue weighted by molar-refractivity contribution is 7.17. The summed E-state index contributed by atoms with van der Waals surface area (Å²) in [5.41, 5.74) is 0. The number of hydrogen-bond donors (Lipinski definition) is 0. The van der Waals surface area contributed by atoms with Crippen LogP contribution in [0.15, 0.2) is 17.5 Å². The number of thiophene rings is 1. The molecule has 4 rings (SSSR count). The van der Waals surface area contributed by atoms with Gasteiger partial charge in [0.15, 0.2) is 5.82 Å². The minimum Gasteiger partial charge on any atom is -0.187 e. The van der Waals surface area contributed by atoms with E-state index in [4.69, 9.17) is 0 Å². The fraction of sp³-hybridized carbons (Fsp3) is 0.250. The Morgan fingerprint density at radius 3 is 3.00 bits per heavy atom. The lowest BCUT2D eigenvalue weighted by Gasteiger charge is -1.88. The molecule has 0 radical (unpaired) electrons. The average molecular weight is 274 g/mol. The van der Waals surface area contributed by atoms with Crippen molar-refractivity contribution in [2.24, 2.45) is 0 Å². The molecule has 6 heteroatoms. The molecule has 90 valence electrons. The van der Waals surface area contributed by atoms with Crippen molar-refractivity contribution < 1.29 is 0 Å². The van der Waals surface area contributed by atoms with Crippen LogP contribution in [0.2, 0.25) is 0 Å². The van der Waals surface area contributed by atoms with Crippen LogP contribution in [0.3, 0.4) is 0 Å². The molecule has 0 amide bonds. The predicted molar refractivity (Wildman–Crippen MR) is 73.9 cm³/mol. The summed E-state index contributed by atoms with van der Waals surface area (Å²) in [6, 6.07) is 4.14. The third-order valence-electron chi connectivity index (χ3n) is 2.91. The highest BCUT2D eigenvalue weighted by atomic mass is 32.1. The van der Waals surface area contributed by atoms with Crippen molar-refractivity contribution in [2.45, 2.75) is 18.8 Å². The summed E-state index contributed by atoms with van der Waals surface area (Å²) in [5.74, 6) is 1.60. The fourth-order valence-electron chi connectivity index (χ4n) is 1.85. The quantitative estimate of drug-likeness (QED) is 0.736. The second-order valence-corrected chi connectivity index (χ2v) is 6.28. The number of rotatable bonds is 3. The van der Waals surface area contributed by atoms with Gasteiger partial charge in [0.2, 0.25) is 4.96 Å². The first kappa shape index (κ1) is 10.4. The van der Waals surface area contributed by atoms with Gasteiger partial charge in [-0.2, -0.15) is 9.61 Å². The van der Waals surface area contributed by atoms with Crippen LogP contribution in [0, 0.1) is 0 Å². The zero-order valence-corrected chi connectivity index (χ0v) is 11.1. The Balaban J connectivity index is 1.69. The zero-order valence-electron chi connectivity index (χ0n) is 9.48. The van der Waals surface area contributed by atoms with Crippen LogP contribution in [-0.2, 0) is 0 Å². The van der Waals surface area contributed by atoms with Gasteiger partial charge in [-0.3, -0.25) is 0 Å². The molecule has 0 aliphatic heterocycles. The normalized spacial score (nSPS) is 16.0. The summed E-state index contributed by atoms with van der Waals surface area (Å²) in [4.78, 5) is 2.13. The van der Waals surface area contributed by atoms with Crippen LogP contribution in [0.1, 0.15) is 34.5 Å². The molecule has 0 unspecified atom stereocenters. The summed E-state index contributed by atoms with van der Waals surface area (Å²) in [6.45, 7) is 0. The SMILES string of the molecule is C(=C\c1nn2c(C3CC3)nnc2s1)/c1cccs1. The topological polar surface area (TPSA) is 43.1 Å². The number of aromatic nitrogens is 4. The molecule has 1 aliphatic rings. The molecule has 1 saturated carbocycles. The molecule has 0 saturated heterocycles. The Kier molecular flexibility index (Phi) is 2.31. The number of nitrogens with zero attached hydrogens (tertiary/aromatic N) is 4. The van der Waals surface area contributed by atoms with Gasteiger partial charge in [0, 0.05) is 10.8 Å². The summed E-state index contributed by atoms with van der Waals surface area (Å²) in [5, 5.41) is 16.0. The van der Waals surface area contributed by atoms with Crippen molar-refractivity contribution in [1.82, 2.24) is 19.8 Å². The van der Waals surface area contributed by atoms with Crippen molar-refractivity contribution in [3.8, 4) is 0 Å². The maximum absolute atomic E-state index is 4.56. The van der Waals surface area contributed by atoms with Crippen LogP contribution in [0.25, 0.3) is 17.1 Å². The molecular weight excluding hydrogens is 264 g/mol. The van der Waals surface area contributed by atoms with E-state index in [9.17, 15) is 0 Å². The minimum atomic E-state index is 0.580. The molecule has 0 aromatic carbocycles. The highest BCUT2D eigenvalue weighted by Gasteiger charge is 2.29. The third kappa shape index (κ3) is 1.77. The van der Waals surface area contributed by atoms with E-state index in [0.717, 1.165) is 15.8 Å². The molecule has 1 fully saturated rings. The molecule has 3 aromatic heterocycles. The lowest BCUT2D eigenvalue weighted by molar-refractivity contribution is 0.823. The van der Waals surface area contributed by atoms with E-state index in [1.54, 1.807) is 22.7 Å². The van der Waals surface area contributed by atoms with Crippen LogP contribution < -0.4 is 0 Å². The Hall–Kier alpha value is -1.53. The molecule has 18 heavy (non-hydrogen) atoms. The van der Waals surface area contributed by atoms with Crippen molar-refractivity contribution in [3.05, 3.63) is 33.2 Å². The van der Waals surface area contributed by atoms with E-state index in [1.165, 1.54) is 17.7 Å². The van der Waals surface area contributed by atoms with E-state index in [1.807, 2.05) is 16.7 Å². The smallest absolute Gasteiger partial charge is 0.187 e. The fourth-order valence-corrected chi connectivity index (χ4v) is 3.22. The molecule has 0 atom stereocenters. The van der Waals surface area contributed by atoms with Crippen LogP contribution in [0.5, 0.6) is 0 Å². The lowest BCUT2D eigenvalue weighted by Crippen LogP contribution is -1.92. The third-order valence-corrected chi connectivity index (χ3v) is 4.61. The van der Waals surface area contributed by atoms with Crippen LogP contribution in [0.4, 0.5) is 0 Å². The standard InChI is InChI=1S/C12H10N4S2/c1-2-9(17-7-1)5-6-10-15-16-11(8-3-4-8)13-14-12(16)18-10/h1-2,5-8H,3-4H2/b6-5+. The van der Waals surface area contributed by atoms with Gasteiger partial charge in [-0.05, 0) is 36.4 Å². The monoisotopic (exact) mass is 274 g/mol. The van der Waals surface area contributed by atoms with E-state index in [0.29, 0.717) is 5.92 Å². The molecule has 4 nitrogen and oxygen atoms in total. The van der Waals surface area contributed by atoms with E-state index >= 15 is 0 Å². The summed E-state index contributed by atoms with van der Waals surface area (Å²) in [6.07, 6.45) is 6.58. The van der Waals surface area contributed by atoms with Crippen molar-refractivity contribution in [2.75, 3.05) is 0 Å². The Labute approximate surface area is 112 Å². The highest BCUT2D eigenvalue weighted by Crippen LogP contribution is 2.39. The van der Waals surface area contributed by atoms with E-state index < -0.39 is 0 Å². The van der Waals surface area contributed by atoms with Gasteiger partial charge in [0.1, 0.15) is 5.01 Å². The molecule has 3 aromatic rings.